The Hall–Kier alpha value is -2.53. The van der Waals surface area contributed by atoms with Crippen molar-refractivity contribution in [3.8, 4) is 5.75 Å². The van der Waals surface area contributed by atoms with Crippen molar-refractivity contribution < 1.29 is 22.7 Å². The monoisotopic (exact) mass is 426 g/mol. The number of anilines is 2. The summed E-state index contributed by atoms with van der Waals surface area (Å²) < 4.78 is 29.5. The van der Waals surface area contributed by atoms with Gasteiger partial charge in [-0.05, 0) is 31.2 Å². The fourth-order valence-electron chi connectivity index (χ4n) is 2.12. The summed E-state index contributed by atoms with van der Waals surface area (Å²) in [6.45, 7) is 6.23. The van der Waals surface area contributed by atoms with Crippen LogP contribution in [-0.4, -0.2) is 48.5 Å². The molecule has 2 rings (SSSR count). The van der Waals surface area contributed by atoms with E-state index in [0.717, 1.165) is 5.01 Å². The molecule has 0 aliphatic carbocycles. The highest BCUT2D eigenvalue weighted by Crippen LogP contribution is 2.22. The lowest BCUT2D eigenvalue weighted by Crippen LogP contribution is -2.30. The number of aromatic nitrogens is 2. The average Bonchev–Trinajstić information content (AvgIpc) is 3.04. The van der Waals surface area contributed by atoms with Crippen LogP contribution in [0.1, 0.15) is 31.7 Å². The Kier molecular flexibility index (Phi) is 7.46. The molecular weight excluding hydrogens is 404 g/mol. The van der Waals surface area contributed by atoms with Crippen molar-refractivity contribution in [2.45, 2.75) is 26.7 Å². The molecule has 0 bridgehead atoms. The molecule has 152 valence electrons. The van der Waals surface area contributed by atoms with Gasteiger partial charge < -0.3 is 10.1 Å². The second-order valence-corrected chi connectivity index (χ2v) is 9.26. The normalized spacial score (nSPS) is 11.3. The Bertz CT molecular complexity index is 923. The van der Waals surface area contributed by atoms with Gasteiger partial charge in [-0.1, -0.05) is 25.2 Å². The summed E-state index contributed by atoms with van der Waals surface area (Å²) in [4.78, 5) is 23.9. The first-order valence-electron chi connectivity index (χ1n) is 8.55. The van der Waals surface area contributed by atoms with Gasteiger partial charge in [-0.15, -0.1) is 10.2 Å². The Balaban J connectivity index is 1.87. The molecule has 28 heavy (non-hydrogen) atoms. The third-order valence-corrected chi connectivity index (χ3v) is 5.88. The Morgan fingerprint density at radius 2 is 1.68 bits per heavy atom. The van der Waals surface area contributed by atoms with E-state index in [1.807, 2.05) is 20.8 Å². The lowest BCUT2D eigenvalue weighted by Gasteiger charge is -2.08. The molecule has 0 saturated heterocycles. The van der Waals surface area contributed by atoms with Gasteiger partial charge in [0.15, 0.2) is 9.84 Å². The number of nitrogens with zero attached hydrogens (tertiary/aromatic N) is 2. The van der Waals surface area contributed by atoms with Gasteiger partial charge in [0.2, 0.25) is 16.9 Å². The largest absolute Gasteiger partial charge is 0.494 e. The van der Waals surface area contributed by atoms with Crippen molar-refractivity contribution in [1.82, 2.24) is 10.2 Å². The van der Waals surface area contributed by atoms with Gasteiger partial charge in [0.05, 0.1) is 6.61 Å². The minimum absolute atomic E-state index is 0.151. The minimum Gasteiger partial charge on any atom is -0.494 e. The third kappa shape index (κ3) is 6.89. The fraction of sp³-hybridized carbons (Fsp3) is 0.412. The summed E-state index contributed by atoms with van der Waals surface area (Å²) in [6, 6.07) is 6.52. The van der Waals surface area contributed by atoms with Crippen molar-refractivity contribution in [2.75, 3.05) is 28.7 Å². The van der Waals surface area contributed by atoms with E-state index in [0.29, 0.717) is 18.0 Å². The molecule has 1 heterocycles. The molecule has 0 atom stereocenters. The highest BCUT2D eigenvalue weighted by molar-refractivity contribution is 7.92. The van der Waals surface area contributed by atoms with Crippen LogP contribution in [0.25, 0.3) is 0 Å². The molecule has 9 nitrogen and oxygen atoms in total. The van der Waals surface area contributed by atoms with E-state index in [4.69, 9.17) is 4.74 Å². The molecule has 2 amide bonds. The zero-order chi connectivity index (χ0) is 20.7. The van der Waals surface area contributed by atoms with E-state index in [1.165, 1.54) is 11.3 Å². The molecule has 0 fully saturated rings. The SMILES string of the molecule is CCOc1ccc(NC(=O)CS(=O)(=O)CC(=O)Nc2nnc(C(C)C)s2)cc1. The zero-order valence-electron chi connectivity index (χ0n) is 15.8. The molecule has 0 aliphatic rings. The predicted octanol–water partition coefficient (Wildman–Crippen LogP) is 2.05. The molecule has 2 N–H and O–H groups in total. The predicted molar refractivity (Wildman–Crippen MR) is 108 cm³/mol. The molecule has 0 aliphatic heterocycles. The highest BCUT2D eigenvalue weighted by Gasteiger charge is 2.22. The summed E-state index contributed by atoms with van der Waals surface area (Å²) in [5.74, 6) is -2.32. The van der Waals surface area contributed by atoms with E-state index in [2.05, 4.69) is 20.8 Å². The summed E-state index contributed by atoms with van der Waals surface area (Å²) in [5, 5.41) is 13.5. The summed E-state index contributed by atoms with van der Waals surface area (Å²) >= 11 is 1.18. The molecule has 0 spiro atoms. The van der Waals surface area contributed by atoms with E-state index in [-0.39, 0.29) is 11.0 Å². The number of carbonyl (C=O) groups is 2. The average molecular weight is 427 g/mol. The van der Waals surface area contributed by atoms with Crippen LogP contribution in [0.2, 0.25) is 0 Å². The summed E-state index contributed by atoms with van der Waals surface area (Å²) in [6.07, 6.45) is 0. The van der Waals surface area contributed by atoms with Crippen LogP contribution in [-0.2, 0) is 19.4 Å². The van der Waals surface area contributed by atoms with E-state index >= 15 is 0 Å². The smallest absolute Gasteiger partial charge is 0.241 e. The zero-order valence-corrected chi connectivity index (χ0v) is 17.4. The third-order valence-electron chi connectivity index (χ3n) is 3.33. The minimum atomic E-state index is -3.94. The summed E-state index contributed by atoms with van der Waals surface area (Å²) in [5.41, 5.74) is 0.433. The van der Waals surface area contributed by atoms with Crippen LogP contribution in [0.15, 0.2) is 24.3 Å². The number of hydrogen-bond acceptors (Lipinski definition) is 8. The maximum absolute atomic E-state index is 12.1. The van der Waals surface area contributed by atoms with Gasteiger partial charge in [0.25, 0.3) is 0 Å². The van der Waals surface area contributed by atoms with Crippen molar-refractivity contribution in [3.63, 3.8) is 0 Å². The van der Waals surface area contributed by atoms with Crippen molar-refractivity contribution >= 4 is 43.8 Å². The first-order chi connectivity index (χ1) is 13.2. The number of amides is 2. The number of hydrogen-bond donors (Lipinski definition) is 2. The second-order valence-electron chi connectivity index (χ2n) is 6.19. The van der Waals surface area contributed by atoms with Gasteiger partial charge in [0, 0.05) is 11.6 Å². The topological polar surface area (TPSA) is 127 Å². The van der Waals surface area contributed by atoms with E-state index in [1.54, 1.807) is 24.3 Å². The van der Waals surface area contributed by atoms with Crippen molar-refractivity contribution in [3.05, 3.63) is 29.3 Å². The number of benzene rings is 1. The lowest BCUT2D eigenvalue weighted by atomic mass is 10.2. The molecule has 2 aromatic rings. The van der Waals surface area contributed by atoms with Crippen LogP contribution in [0.5, 0.6) is 5.75 Å². The van der Waals surface area contributed by atoms with Gasteiger partial charge in [-0.3, -0.25) is 14.9 Å². The van der Waals surface area contributed by atoms with Gasteiger partial charge in [-0.25, -0.2) is 8.42 Å². The summed E-state index contributed by atoms with van der Waals surface area (Å²) in [7, 11) is -3.94. The number of nitrogens with one attached hydrogen (secondary N) is 2. The lowest BCUT2D eigenvalue weighted by molar-refractivity contribution is -0.114. The molecule has 1 aromatic carbocycles. The Morgan fingerprint density at radius 1 is 1.07 bits per heavy atom. The molecular formula is C17H22N4O5S2. The van der Waals surface area contributed by atoms with Crippen LogP contribution in [0.3, 0.4) is 0 Å². The second kappa shape index (κ2) is 9.60. The van der Waals surface area contributed by atoms with Crippen LogP contribution in [0.4, 0.5) is 10.8 Å². The fourth-order valence-corrected chi connectivity index (χ4v) is 3.93. The number of rotatable bonds is 9. The number of sulfone groups is 1. The van der Waals surface area contributed by atoms with E-state index in [9.17, 15) is 18.0 Å². The molecule has 0 unspecified atom stereocenters. The standard InChI is InChI=1S/C17H22N4O5S2/c1-4-26-13-7-5-12(6-8-13)18-14(22)9-28(24,25)10-15(23)19-17-21-20-16(27-17)11(2)3/h5-8,11H,4,9-10H2,1-3H3,(H,18,22)(H,19,21,23). The first-order valence-corrected chi connectivity index (χ1v) is 11.2. The molecule has 0 saturated carbocycles. The van der Waals surface area contributed by atoms with Crippen LogP contribution < -0.4 is 15.4 Å². The molecule has 11 heteroatoms. The van der Waals surface area contributed by atoms with E-state index < -0.39 is 33.2 Å². The molecule has 1 aromatic heterocycles. The van der Waals surface area contributed by atoms with Gasteiger partial charge in [0.1, 0.15) is 22.3 Å². The maximum atomic E-state index is 12.1. The Morgan fingerprint density at radius 3 is 2.21 bits per heavy atom. The van der Waals surface area contributed by atoms with Crippen LogP contribution >= 0.6 is 11.3 Å². The quantitative estimate of drug-likeness (QED) is 0.628. The first kappa shape index (κ1) is 21.8. The number of ether oxygens (including phenoxy) is 1. The highest BCUT2D eigenvalue weighted by atomic mass is 32.2. The van der Waals surface area contributed by atoms with Crippen LogP contribution in [0, 0.1) is 0 Å². The van der Waals surface area contributed by atoms with Gasteiger partial charge >= 0.3 is 0 Å². The van der Waals surface area contributed by atoms with Crippen molar-refractivity contribution in [2.24, 2.45) is 0 Å². The molecule has 0 radical (unpaired) electrons. The number of carbonyl (C=O) groups excluding carboxylic acids is 2. The van der Waals surface area contributed by atoms with Gasteiger partial charge in [-0.2, -0.15) is 0 Å². The Labute approximate surface area is 167 Å². The maximum Gasteiger partial charge on any atom is 0.241 e. The van der Waals surface area contributed by atoms with Crippen molar-refractivity contribution in [1.29, 1.82) is 0 Å².